The van der Waals surface area contributed by atoms with E-state index in [1.54, 1.807) is 0 Å². The third kappa shape index (κ3) is 12.3. The summed E-state index contributed by atoms with van der Waals surface area (Å²) in [5, 5.41) is 8.93. The van der Waals surface area contributed by atoms with Gasteiger partial charge in [-0.15, -0.1) is 0 Å². The maximum Gasteiger partial charge on any atom is 0.140 e. The van der Waals surface area contributed by atoms with Crippen LogP contribution in [-0.2, 0) is 21.7 Å². The van der Waals surface area contributed by atoms with Gasteiger partial charge in [-0.1, -0.05) is 391 Å². The van der Waals surface area contributed by atoms with E-state index < -0.39 is 10.8 Å². The fraction of sp³-hybridized carbons (Fsp3) is 0.0645. The van der Waals surface area contributed by atoms with Crippen molar-refractivity contribution in [3.05, 3.63) is 521 Å². The van der Waals surface area contributed by atoms with E-state index in [-0.39, 0.29) is 10.8 Å². The first-order chi connectivity index (χ1) is 63.4. The molecule has 2 heterocycles. The van der Waals surface area contributed by atoms with Crippen LogP contribution >= 0.6 is 11.6 Å². The highest BCUT2D eigenvalue weighted by molar-refractivity contribution is 6.30. The summed E-state index contributed by atoms with van der Waals surface area (Å²) in [6, 6.07) is 163. The van der Waals surface area contributed by atoms with E-state index in [2.05, 4.69) is 469 Å². The number of ether oxygens (including phenoxy) is 2. The Morgan fingerprint density at radius 3 is 1.01 bits per heavy atom. The van der Waals surface area contributed by atoms with Gasteiger partial charge in [-0.05, 0) is 241 Å². The van der Waals surface area contributed by atoms with E-state index in [9.17, 15) is 0 Å². The van der Waals surface area contributed by atoms with Crippen molar-refractivity contribution in [2.24, 2.45) is 0 Å². The maximum absolute atomic E-state index is 6.91. The van der Waals surface area contributed by atoms with E-state index in [4.69, 9.17) is 21.1 Å². The van der Waals surface area contributed by atoms with Crippen LogP contribution < -0.4 is 19.7 Å². The number of hydrogen-bond acceptors (Lipinski definition) is 4. The van der Waals surface area contributed by atoms with Crippen molar-refractivity contribution in [1.82, 2.24) is 0 Å². The number of hydrogen-bond donors (Lipinski definition) is 1. The van der Waals surface area contributed by atoms with E-state index >= 15 is 0 Å². The van der Waals surface area contributed by atoms with Crippen molar-refractivity contribution in [3.8, 4) is 112 Å². The summed E-state index contributed by atoms with van der Waals surface area (Å²) in [7, 11) is 0. The van der Waals surface area contributed by atoms with Crippen LogP contribution in [0.25, 0.3) is 111 Å². The Balaban J connectivity index is 0.000000119. The molecule has 0 aromatic heterocycles. The number of para-hydroxylation sites is 2. The Bertz CT molecular complexity index is 7890. The minimum absolute atomic E-state index is 0.0286. The van der Waals surface area contributed by atoms with Gasteiger partial charge in [0, 0.05) is 77.3 Å². The number of anilines is 5. The highest BCUT2D eigenvalue weighted by Gasteiger charge is 2.54. The second kappa shape index (κ2) is 30.4. The SMILES string of the molecule is CC1(C)c2ccccc2-c2ccc(N(c3ccc(-c4ccccc4)cc3)c3ccc(-c4ccc5c(c4)C4(c6ccccc6Oc6c4ccc4ccccc64)c4ccccc4-5)cc3)cc21.CC1(C)c2ccccc2-c2ccc(Nc3ccc(-c4ccccc4)cc3)cc21.Clc1ccc(-c2ccc3c(c2)C2(c4ccccc4Oc4c2ccc2ccccc42)c2ccccc2-3)cc1. The molecule has 0 fully saturated rings. The number of halogens is 1. The van der Waals surface area contributed by atoms with Gasteiger partial charge in [0.05, 0.1) is 10.8 Å². The molecule has 612 valence electrons. The van der Waals surface area contributed by atoms with Gasteiger partial charge in [-0.25, -0.2) is 0 Å². The summed E-state index contributed by atoms with van der Waals surface area (Å²) in [6.07, 6.45) is 0. The molecular formula is C124H87ClN2O2. The molecule has 0 bridgehead atoms. The number of nitrogens with zero attached hydrogens (tertiary/aromatic N) is 1. The van der Waals surface area contributed by atoms with Crippen molar-refractivity contribution < 1.29 is 9.47 Å². The van der Waals surface area contributed by atoms with Crippen LogP contribution in [0.15, 0.2) is 449 Å². The minimum Gasteiger partial charge on any atom is -0.456 e. The van der Waals surface area contributed by atoms with Crippen LogP contribution in [-0.4, -0.2) is 0 Å². The summed E-state index contributed by atoms with van der Waals surface area (Å²) >= 11 is 6.22. The van der Waals surface area contributed by atoms with E-state index in [0.717, 1.165) is 72.8 Å². The van der Waals surface area contributed by atoms with E-state index in [1.165, 1.54) is 161 Å². The van der Waals surface area contributed by atoms with Gasteiger partial charge in [-0.2, -0.15) is 0 Å². The molecule has 26 rings (SSSR count). The Kier molecular flexibility index (Phi) is 18.1. The number of benzene rings is 20. The lowest BCUT2D eigenvalue weighted by Crippen LogP contribution is -2.32. The van der Waals surface area contributed by atoms with Gasteiger partial charge in [-0.3, -0.25) is 0 Å². The molecule has 4 aliphatic carbocycles. The third-order valence-electron chi connectivity index (χ3n) is 28.2. The highest BCUT2D eigenvalue weighted by atomic mass is 35.5. The second-order valence-corrected chi connectivity index (χ2v) is 36.3. The smallest absolute Gasteiger partial charge is 0.140 e. The summed E-state index contributed by atoms with van der Waals surface area (Å²) in [4.78, 5) is 2.41. The van der Waals surface area contributed by atoms with Crippen LogP contribution in [0.2, 0.25) is 5.02 Å². The zero-order chi connectivity index (χ0) is 86.3. The Morgan fingerprint density at radius 1 is 0.217 bits per heavy atom. The molecule has 0 radical (unpaired) electrons. The summed E-state index contributed by atoms with van der Waals surface area (Å²) in [6.45, 7) is 9.34. The van der Waals surface area contributed by atoms with Crippen LogP contribution in [0.3, 0.4) is 0 Å². The first kappa shape index (κ1) is 77.0. The standard InChI is InChI=1S/C62H43NO.C35H21ClO.C27H23N/c1-61(2)53-20-10-8-18-49(53)51-36-34-47(39-57(51)61)63(45-30-24-41(25-31-45)40-14-4-3-5-15-40)46-32-26-42(27-33-46)44-28-35-52-50-19-9-11-21-54(50)62(58(52)38-44)55-22-12-13-23-59(55)64-60-48-17-7-6-16-43(48)29-37-56(60)62;36-25-17-13-22(14-18-25)24-15-19-28-27-9-3-4-10-29(27)35(32(28)21-24)30-11-5-6-12-33(30)37-34-26-8-2-1-7-23(26)16-20-31(34)35;1-27(2)25-11-7-6-10-23(25)24-17-16-22(18-26(24)27)28-21-14-12-20(13-15-21)19-8-4-3-5-9-19/h3-39H,1-2H3;1-21H;3-18,28H,1-2H3. The molecule has 129 heavy (non-hydrogen) atoms. The Labute approximate surface area is 758 Å². The van der Waals surface area contributed by atoms with Gasteiger partial charge >= 0.3 is 0 Å². The Hall–Kier alpha value is -15.6. The monoisotopic (exact) mass is 1670 g/mol. The third-order valence-corrected chi connectivity index (χ3v) is 28.5. The molecule has 2 unspecified atom stereocenters. The summed E-state index contributed by atoms with van der Waals surface area (Å²) < 4.78 is 13.6. The lowest BCUT2D eigenvalue weighted by atomic mass is 9.65. The predicted molar refractivity (Wildman–Crippen MR) is 535 cm³/mol. The van der Waals surface area contributed by atoms with Crippen molar-refractivity contribution in [3.63, 3.8) is 0 Å². The topological polar surface area (TPSA) is 33.7 Å². The van der Waals surface area contributed by atoms with Gasteiger partial charge in [0.1, 0.15) is 23.0 Å². The highest BCUT2D eigenvalue weighted by Crippen LogP contribution is 2.66. The van der Waals surface area contributed by atoms with Crippen molar-refractivity contribution in [2.75, 3.05) is 10.2 Å². The Morgan fingerprint density at radius 2 is 0.535 bits per heavy atom. The zero-order valence-corrected chi connectivity index (χ0v) is 72.6. The van der Waals surface area contributed by atoms with Gasteiger partial charge in [0.25, 0.3) is 0 Å². The first-order valence-corrected chi connectivity index (χ1v) is 45.1. The van der Waals surface area contributed by atoms with Crippen molar-refractivity contribution in [1.29, 1.82) is 0 Å². The van der Waals surface area contributed by atoms with Gasteiger partial charge in [0.2, 0.25) is 0 Å². The molecule has 2 aliphatic heterocycles. The van der Waals surface area contributed by atoms with E-state index in [1.807, 2.05) is 18.2 Å². The quantitative estimate of drug-likeness (QED) is 0.156. The number of fused-ring (bicyclic) bond motifs is 28. The normalized spacial score (nSPS) is 15.5. The van der Waals surface area contributed by atoms with E-state index in [0.29, 0.717) is 0 Å². The molecule has 20 aromatic rings. The largest absolute Gasteiger partial charge is 0.456 e. The molecule has 1 N–H and O–H groups in total. The zero-order valence-electron chi connectivity index (χ0n) is 71.9. The van der Waals surface area contributed by atoms with Crippen molar-refractivity contribution >= 4 is 61.6 Å². The first-order valence-electron chi connectivity index (χ1n) is 44.7. The molecule has 5 heteroatoms. The predicted octanol–water partition coefficient (Wildman–Crippen LogP) is 33.5. The number of nitrogens with one attached hydrogen (secondary N) is 1. The molecular weight excluding hydrogens is 1580 g/mol. The van der Waals surface area contributed by atoms with Crippen molar-refractivity contribution in [2.45, 2.75) is 49.4 Å². The second-order valence-electron chi connectivity index (χ2n) is 35.8. The van der Waals surface area contributed by atoms with Gasteiger partial charge < -0.3 is 19.7 Å². The van der Waals surface area contributed by atoms with Crippen LogP contribution in [0.4, 0.5) is 28.4 Å². The maximum atomic E-state index is 6.91. The summed E-state index contributed by atoms with van der Waals surface area (Å²) in [5.74, 6) is 3.69. The summed E-state index contributed by atoms with van der Waals surface area (Å²) in [5.41, 5.74) is 39.9. The molecule has 2 spiro atoms. The lowest BCUT2D eigenvalue weighted by molar-refractivity contribution is 0.441. The molecule has 4 nitrogen and oxygen atoms in total. The average Bonchev–Trinajstić information content (AvgIpc) is 1.56. The molecule has 0 amide bonds. The molecule has 20 aromatic carbocycles. The van der Waals surface area contributed by atoms with Crippen LogP contribution in [0, 0.1) is 0 Å². The van der Waals surface area contributed by atoms with Gasteiger partial charge in [0.15, 0.2) is 0 Å². The fourth-order valence-corrected chi connectivity index (χ4v) is 22.2. The van der Waals surface area contributed by atoms with Crippen LogP contribution in [0.5, 0.6) is 23.0 Å². The number of rotatable bonds is 9. The lowest BCUT2D eigenvalue weighted by Gasteiger charge is -2.40. The minimum atomic E-state index is -0.556. The molecule has 0 saturated carbocycles. The van der Waals surface area contributed by atoms with Crippen LogP contribution in [0.1, 0.15) is 94.5 Å². The molecule has 0 saturated heterocycles. The average molecular weight is 1670 g/mol. The molecule has 6 aliphatic rings. The fourth-order valence-electron chi connectivity index (χ4n) is 22.1. The molecule has 2 atom stereocenters.